The number of hydrogen-bond acceptors (Lipinski definition) is 10. The Bertz CT molecular complexity index is 1750. The molecule has 2 atom stereocenters. The van der Waals surface area contributed by atoms with Crippen molar-refractivity contribution in [2.75, 3.05) is 50.8 Å². The highest BCUT2D eigenvalue weighted by Crippen LogP contribution is 2.45. The molecule has 3 saturated heterocycles. The molecule has 0 saturated carbocycles. The summed E-state index contributed by atoms with van der Waals surface area (Å²) in [6.07, 6.45) is 6.39. The monoisotopic (exact) mass is 720 g/mol. The average Bonchev–Trinajstić information content (AvgIpc) is 3.52. The number of carbonyl (C=O) groups is 1. The van der Waals surface area contributed by atoms with E-state index in [9.17, 15) is 26.4 Å². The Kier molecular flexibility index (Phi) is 10.7. The number of alkyl halides is 2. The molecule has 0 bridgehead atoms. The number of aryl methyl sites for hydroxylation is 1. The van der Waals surface area contributed by atoms with Crippen LogP contribution in [0, 0.1) is 11.2 Å². The Labute approximate surface area is 289 Å². The highest BCUT2D eigenvalue weighted by molar-refractivity contribution is 7.89. The van der Waals surface area contributed by atoms with E-state index in [1.54, 1.807) is 20.9 Å². The molecule has 50 heavy (non-hydrogen) atoms. The number of benzene rings is 1. The molecule has 1 amide bonds. The molecule has 3 aliphatic heterocycles. The van der Waals surface area contributed by atoms with E-state index in [0.29, 0.717) is 18.8 Å². The first-order valence-electron chi connectivity index (χ1n) is 16.8. The summed E-state index contributed by atoms with van der Waals surface area (Å²) in [5.74, 6) is -0.607. The van der Waals surface area contributed by atoms with Crippen molar-refractivity contribution in [3.8, 4) is 11.5 Å². The van der Waals surface area contributed by atoms with E-state index in [0.717, 1.165) is 69.0 Å². The second kappa shape index (κ2) is 14.8. The van der Waals surface area contributed by atoms with Crippen LogP contribution in [0.3, 0.4) is 0 Å². The van der Waals surface area contributed by atoms with Crippen molar-refractivity contribution in [1.29, 1.82) is 0 Å². The van der Waals surface area contributed by atoms with Crippen molar-refractivity contribution >= 4 is 21.7 Å². The van der Waals surface area contributed by atoms with E-state index in [4.69, 9.17) is 9.47 Å². The Hall–Kier alpha value is -3.80. The number of carbonyl (C=O) groups excluding carboxylic acids is 1. The molecule has 3 aliphatic rings. The highest BCUT2D eigenvalue weighted by atomic mass is 32.2. The number of hydrogen-bond donors (Lipinski definition) is 1. The standard InChI is InChI=1S/C33H43F3N8O5S/c1-22(2)44(17-30(35)36)32(45)27-12-23(34)4-7-28(27)49-29-14-37-21-38-31(29)43-19-33(20-43)8-10-42(11-9-33)15-25-6-5-24(18-48-25)40-50(46,47)26-13-39-41(3)16-26/h4,7,12-14,16,21-22,24-25,30,40H,5-6,8-11,15,17-20H2,1-3H3/t24-,25+/m1/s1. The number of likely N-dealkylation sites (tertiary alicyclic amines) is 1. The van der Waals surface area contributed by atoms with Gasteiger partial charge in [-0.15, -0.1) is 0 Å². The third-order valence-electron chi connectivity index (χ3n) is 9.68. The third-order valence-corrected chi connectivity index (χ3v) is 11.2. The van der Waals surface area contributed by atoms with Gasteiger partial charge in [0.2, 0.25) is 10.0 Å². The smallest absolute Gasteiger partial charge is 0.258 e. The quantitative estimate of drug-likeness (QED) is 0.295. The van der Waals surface area contributed by atoms with Gasteiger partial charge in [0.1, 0.15) is 22.8 Å². The van der Waals surface area contributed by atoms with Gasteiger partial charge in [-0.1, -0.05) is 0 Å². The number of nitrogens with one attached hydrogen (secondary N) is 1. The number of piperidine rings is 1. The van der Waals surface area contributed by atoms with E-state index >= 15 is 0 Å². The number of anilines is 1. The minimum atomic E-state index is -3.65. The lowest BCUT2D eigenvalue weighted by Crippen LogP contribution is -2.61. The van der Waals surface area contributed by atoms with E-state index < -0.39 is 40.8 Å². The van der Waals surface area contributed by atoms with Crippen molar-refractivity contribution in [3.63, 3.8) is 0 Å². The number of sulfonamides is 1. The van der Waals surface area contributed by atoms with Gasteiger partial charge >= 0.3 is 0 Å². The molecule has 5 heterocycles. The molecular weight excluding hydrogens is 677 g/mol. The molecule has 2 aromatic heterocycles. The topological polar surface area (TPSA) is 135 Å². The van der Waals surface area contributed by atoms with Gasteiger partial charge in [0.05, 0.1) is 37.2 Å². The van der Waals surface area contributed by atoms with Crippen LogP contribution in [0.4, 0.5) is 19.0 Å². The van der Waals surface area contributed by atoms with Crippen molar-refractivity contribution in [2.45, 2.75) is 69.0 Å². The average molecular weight is 721 g/mol. The predicted molar refractivity (Wildman–Crippen MR) is 177 cm³/mol. The minimum Gasteiger partial charge on any atom is -0.451 e. The number of amides is 1. The Morgan fingerprint density at radius 3 is 2.56 bits per heavy atom. The minimum absolute atomic E-state index is 0.0260. The van der Waals surface area contributed by atoms with E-state index in [-0.39, 0.29) is 39.5 Å². The fourth-order valence-electron chi connectivity index (χ4n) is 6.92. The zero-order valence-corrected chi connectivity index (χ0v) is 29.2. The third kappa shape index (κ3) is 8.22. The lowest BCUT2D eigenvalue weighted by molar-refractivity contribution is -0.0299. The Morgan fingerprint density at radius 1 is 1.16 bits per heavy atom. The number of aromatic nitrogens is 4. The van der Waals surface area contributed by atoms with Crippen LogP contribution in [0.2, 0.25) is 0 Å². The van der Waals surface area contributed by atoms with E-state index in [1.807, 2.05) is 0 Å². The first-order chi connectivity index (χ1) is 23.8. The summed E-state index contributed by atoms with van der Waals surface area (Å²) in [5, 5.41) is 3.95. The Morgan fingerprint density at radius 2 is 1.92 bits per heavy atom. The molecule has 6 rings (SSSR count). The van der Waals surface area contributed by atoms with Crippen molar-refractivity contribution in [1.82, 2.24) is 34.3 Å². The fraction of sp³-hybridized carbons (Fsp3) is 0.576. The van der Waals surface area contributed by atoms with Gasteiger partial charge in [0, 0.05) is 50.4 Å². The molecule has 3 aromatic rings. The summed E-state index contributed by atoms with van der Waals surface area (Å²) in [5.41, 5.74) is -0.0589. The van der Waals surface area contributed by atoms with Crippen molar-refractivity contribution in [2.24, 2.45) is 12.5 Å². The highest BCUT2D eigenvalue weighted by Gasteiger charge is 2.46. The van der Waals surface area contributed by atoms with Gasteiger partial charge in [0.25, 0.3) is 12.3 Å². The first-order valence-corrected chi connectivity index (χ1v) is 18.3. The molecule has 1 spiro atoms. The van der Waals surface area contributed by atoms with Crippen molar-refractivity contribution in [3.05, 3.63) is 54.5 Å². The number of halogens is 3. The molecule has 0 radical (unpaired) electrons. The fourth-order valence-corrected chi connectivity index (χ4v) is 8.16. The summed E-state index contributed by atoms with van der Waals surface area (Å²) in [6, 6.07) is 2.63. The second-order valence-electron chi connectivity index (χ2n) is 13.8. The van der Waals surface area contributed by atoms with E-state index in [1.165, 1.54) is 35.7 Å². The van der Waals surface area contributed by atoms with Gasteiger partial charge in [-0.3, -0.25) is 9.48 Å². The van der Waals surface area contributed by atoms with Crippen molar-refractivity contribution < 1.29 is 35.9 Å². The molecule has 3 fully saturated rings. The normalized spacial score (nSPS) is 21.1. The molecule has 272 valence electrons. The van der Waals surface area contributed by atoms with E-state index in [2.05, 4.69) is 29.6 Å². The van der Waals surface area contributed by atoms with Gasteiger partial charge in [-0.05, 0) is 70.8 Å². The van der Waals surface area contributed by atoms with Crippen LogP contribution >= 0.6 is 0 Å². The maximum atomic E-state index is 14.3. The summed E-state index contributed by atoms with van der Waals surface area (Å²) >= 11 is 0. The SMILES string of the molecule is CC(C)N(CC(F)F)C(=O)c1cc(F)ccc1Oc1cncnc1N1CC2(CCN(C[C@@H]3CC[C@@H](NS(=O)(=O)c4cnn(C)c4)CO3)CC2)C1. The largest absolute Gasteiger partial charge is 0.451 e. The lowest BCUT2D eigenvalue weighted by atomic mass is 9.72. The van der Waals surface area contributed by atoms with Gasteiger partial charge in [0.15, 0.2) is 11.6 Å². The van der Waals surface area contributed by atoms with Gasteiger partial charge < -0.3 is 24.2 Å². The second-order valence-corrected chi connectivity index (χ2v) is 15.5. The molecular formula is C33H43F3N8O5S. The lowest BCUT2D eigenvalue weighted by Gasteiger charge is -2.54. The molecule has 0 unspecified atom stereocenters. The van der Waals surface area contributed by atoms with Crippen LogP contribution in [0.1, 0.15) is 49.9 Å². The zero-order valence-electron chi connectivity index (χ0n) is 28.3. The summed E-state index contributed by atoms with van der Waals surface area (Å²) < 4.78 is 82.5. The van der Waals surface area contributed by atoms with Crippen LogP contribution in [-0.2, 0) is 21.8 Å². The van der Waals surface area contributed by atoms with Crippen LogP contribution in [0.15, 0.2) is 48.0 Å². The molecule has 0 aliphatic carbocycles. The summed E-state index contributed by atoms with van der Waals surface area (Å²) in [7, 11) is -1.98. The molecule has 1 aromatic carbocycles. The van der Waals surface area contributed by atoms with Crippen LogP contribution < -0.4 is 14.4 Å². The molecule has 17 heteroatoms. The maximum Gasteiger partial charge on any atom is 0.258 e. The maximum absolute atomic E-state index is 14.3. The number of nitrogens with zero attached hydrogens (tertiary/aromatic N) is 7. The first kappa shape index (κ1) is 36.0. The van der Waals surface area contributed by atoms with Crippen LogP contribution in [0.5, 0.6) is 11.5 Å². The molecule has 13 nitrogen and oxygen atoms in total. The van der Waals surface area contributed by atoms with Crippen LogP contribution in [-0.4, -0.2) is 114 Å². The van der Waals surface area contributed by atoms with Gasteiger partial charge in [-0.25, -0.2) is 36.3 Å². The number of rotatable bonds is 12. The predicted octanol–water partition coefficient (Wildman–Crippen LogP) is 3.69. The zero-order chi connectivity index (χ0) is 35.6. The summed E-state index contributed by atoms with van der Waals surface area (Å²) in [6.45, 7) is 6.86. The summed E-state index contributed by atoms with van der Waals surface area (Å²) in [4.78, 5) is 27.5. The van der Waals surface area contributed by atoms with Gasteiger partial charge in [-0.2, -0.15) is 5.10 Å². The van der Waals surface area contributed by atoms with Crippen LogP contribution in [0.25, 0.3) is 0 Å². The number of ether oxygens (including phenoxy) is 2. The molecule has 1 N–H and O–H groups in total. The Balaban J connectivity index is 1.01.